The molecule has 0 saturated carbocycles. The molecule has 1 aliphatic heterocycles. The number of anilines is 2. The maximum atomic E-state index is 13.0. The average molecular weight is 328 g/mol. The van der Waals surface area contributed by atoms with E-state index in [0.717, 1.165) is 44.5 Å². The molecule has 2 rings (SSSR count). The van der Waals surface area contributed by atoms with Gasteiger partial charge in [-0.05, 0) is 43.4 Å². The lowest BCUT2D eigenvalue weighted by molar-refractivity contribution is -0.137. The number of hydrogen-bond donors (Lipinski definition) is 1. The molecule has 23 heavy (non-hydrogen) atoms. The SMILES string of the molecule is CC(C)CC(=O)Nc1cc(C(F)(F)F)ccc1N1CCCCC1. The molecule has 1 aromatic carbocycles. The van der Waals surface area contributed by atoms with Crippen LogP contribution in [0.25, 0.3) is 0 Å². The Morgan fingerprint density at radius 1 is 1.22 bits per heavy atom. The summed E-state index contributed by atoms with van der Waals surface area (Å²) in [4.78, 5) is 14.1. The summed E-state index contributed by atoms with van der Waals surface area (Å²) in [5, 5.41) is 2.67. The third-order valence-electron chi connectivity index (χ3n) is 3.89. The molecule has 0 bridgehead atoms. The predicted octanol–water partition coefficient (Wildman–Crippen LogP) is 4.68. The van der Waals surface area contributed by atoms with Crippen molar-refractivity contribution in [1.82, 2.24) is 0 Å². The van der Waals surface area contributed by atoms with Crippen LogP contribution in [0.4, 0.5) is 24.5 Å². The van der Waals surface area contributed by atoms with Crippen molar-refractivity contribution in [2.75, 3.05) is 23.3 Å². The van der Waals surface area contributed by atoms with Crippen LogP contribution in [0.15, 0.2) is 18.2 Å². The Bertz CT molecular complexity index is 549. The van der Waals surface area contributed by atoms with E-state index in [1.165, 1.54) is 6.07 Å². The van der Waals surface area contributed by atoms with Gasteiger partial charge < -0.3 is 10.2 Å². The topological polar surface area (TPSA) is 32.3 Å². The number of hydrogen-bond acceptors (Lipinski definition) is 2. The van der Waals surface area contributed by atoms with Gasteiger partial charge >= 0.3 is 6.18 Å². The molecule has 0 aromatic heterocycles. The second kappa shape index (κ2) is 7.23. The van der Waals surface area contributed by atoms with Crippen molar-refractivity contribution >= 4 is 17.3 Å². The quantitative estimate of drug-likeness (QED) is 0.870. The summed E-state index contributed by atoms with van der Waals surface area (Å²) in [6.07, 6.45) is -0.972. The Kier molecular flexibility index (Phi) is 5.55. The standard InChI is InChI=1S/C17H23F3N2O/c1-12(2)10-16(23)21-14-11-13(17(18,19)20)6-7-15(14)22-8-4-3-5-9-22/h6-7,11-12H,3-5,8-10H2,1-2H3,(H,21,23). The minimum absolute atomic E-state index is 0.152. The number of rotatable bonds is 4. The number of piperidine rings is 1. The second-order valence-electron chi connectivity index (χ2n) is 6.42. The highest BCUT2D eigenvalue weighted by Gasteiger charge is 2.31. The molecular formula is C17H23F3N2O. The highest BCUT2D eigenvalue weighted by Crippen LogP contribution is 2.36. The second-order valence-corrected chi connectivity index (χ2v) is 6.42. The van der Waals surface area contributed by atoms with Crippen LogP contribution < -0.4 is 10.2 Å². The van der Waals surface area contributed by atoms with Crippen LogP contribution in [0.3, 0.4) is 0 Å². The molecule has 3 nitrogen and oxygen atoms in total. The van der Waals surface area contributed by atoms with Crippen LogP contribution in [0.1, 0.15) is 45.1 Å². The molecule has 0 radical (unpaired) electrons. The largest absolute Gasteiger partial charge is 0.416 e. The summed E-state index contributed by atoms with van der Waals surface area (Å²) in [7, 11) is 0. The van der Waals surface area contributed by atoms with Crippen LogP contribution >= 0.6 is 0 Å². The van der Waals surface area contributed by atoms with E-state index in [0.29, 0.717) is 5.69 Å². The van der Waals surface area contributed by atoms with Crippen LogP contribution in [-0.4, -0.2) is 19.0 Å². The lowest BCUT2D eigenvalue weighted by Gasteiger charge is -2.31. The molecule has 0 atom stereocenters. The predicted molar refractivity (Wildman–Crippen MR) is 85.6 cm³/mol. The molecule has 1 heterocycles. The first kappa shape index (κ1) is 17.6. The number of nitrogens with zero attached hydrogens (tertiary/aromatic N) is 1. The van der Waals surface area contributed by atoms with Gasteiger partial charge in [-0.15, -0.1) is 0 Å². The third kappa shape index (κ3) is 4.88. The molecule has 0 unspecified atom stereocenters. The molecule has 1 aromatic rings. The third-order valence-corrected chi connectivity index (χ3v) is 3.89. The van der Waals surface area contributed by atoms with E-state index in [1.807, 2.05) is 13.8 Å². The van der Waals surface area contributed by atoms with Gasteiger partial charge in [0.15, 0.2) is 0 Å². The number of nitrogens with one attached hydrogen (secondary N) is 1. The first-order valence-electron chi connectivity index (χ1n) is 8.03. The van der Waals surface area contributed by atoms with E-state index >= 15 is 0 Å². The lowest BCUT2D eigenvalue weighted by Crippen LogP contribution is -2.30. The smallest absolute Gasteiger partial charge is 0.370 e. The fourth-order valence-corrected chi connectivity index (χ4v) is 2.80. The van der Waals surface area contributed by atoms with Gasteiger partial charge in [0, 0.05) is 19.5 Å². The Hall–Kier alpha value is -1.72. The highest BCUT2D eigenvalue weighted by atomic mass is 19.4. The minimum atomic E-state index is -4.42. The number of benzene rings is 1. The highest BCUT2D eigenvalue weighted by molar-refractivity contribution is 5.94. The Morgan fingerprint density at radius 2 is 1.87 bits per heavy atom. The molecule has 1 N–H and O–H groups in total. The minimum Gasteiger partial charge on any atom is -0.370 e. The normalized spacial score (nSPS) is 15.8. The molecule has 1 saturated heterocycles. The summed E-state index contributed by atoms with van der Waals surface area (Å²) in [6.45, 7) is 5.41. The van der Waals surface area contributed by atoms with Gasteiger partial charge in [-0.1, -0.05) is 13.8 Å². The number of halogens is 3. The molecule has 1 amide bonds. The number of carbonyl (C=O) groups is 1. The van der Waals surface area contributed by atoms with Gasteiger partial charge in [0.05, 0.1) is 16.9 Å². The first-order chi connectivity index (χ1) is 10.8. The van der Waals surface area contributed by atoms with E-state index in [9.17, 15) is 18.0 Å². The summed E-state index contributed by atoms with van der Waals surface area (Å²) < 4.78 is 38.9. The lowest BCUT2D eigenvalue weighted by atomic mass is 10.1. The van der Waals surface area contributed by atoms with Crippen molar-refractivity contribution in [2.24, 2.45) is 5.92 Å². The molecule has 128 valence electrons. The van der Waals surface area contributed by atoms with Crippen LogP contribution in [0, 0.1) is 5.92 Å². The summed E-state index contributed by atoms with van der Waals surface area (Å²) >= 11 is 0. The van der Waals surface area contributed by atoms with E-state index < -0.39 is 11.7 Å². The number of alkyl halides is 3. The Labute approximate surface area is 134 Å². The van der Waals surface area contributed by atoms with Crippen molar-refractivity contribution in [1.29, 1.82) is 0 Å². The van der Waals surface area contributed by atoms with Gasteiger partial charge in [-0.25, -0.2) is 0 Å². The van der Waals surface area contributed by atoms with E-state index in [4.69, 9.17) is 0 Å². The molecule has 1 fully saturated rings. The number of amides is 1. The molecule has 0 aliphatic carbocycles. The summed E-state index contributed by atoms with van der Waals surface area (Å²) in [5.74, 6) is -0.100. The fourth-order valence-electron chi connectivity index (χ4n) is 2.80. The molecule has 6 heteroatoms. The zero-order valence-corrected chi connectivity index (χ0v) is 13.5. The van der Waals surface area contributed by atoms with Crippen molar-refractivity contribution in [3.05, 3.63) is 23.8 Å². The Morgan fingerprint density at radius 3 is 2.43 bits per heavy atom. The van der Waals surface area contributed by atoms with Gasteiger partial charge in [-0.2, -0.15) is 13.2 Å². The van der Waals surface area contributed by atoms with Gasteiger partial charge in [0.2, 0.25) is 5.91 Å². The van der Waals surface area contributed by atoms with E-state index in [2.05, 4.69) is 10.2 Å². The van der Waals surface area contributed by atoms with Crippen molar-refractivity contribution in [2.45, 2.75) is 45.7 Å². The van der Waals surface area contributed by atoms with Crippen molar-refractivity contribution < 1.29 is 18.0 Å². The first-order valence-corrected chi connectivity index (χ1v) is 8.03. The average Bonchev–Trinajstić information content (AvgIpc) is 2.46. The maximum absolute atomic E-state index is 13.0. The zero-order valence-electron chi connectivity index (χ0n) is 13.5. The van der Waals surface area contributed by atoms with Gasteiger partial charge in [0.25, 0.3) is 0 Å². The molecular weight excluding hydrogens is 305 g/mol. The zero-order chi connectivity index (χ0) is 17.0. The van der Waals surface area contributed by atoms with Crippen LogP contribution in [0.5, 0.6) is 0 Å². The number of carbonyl (C=O) groups excluding carboxylic acids is 1. The van der Waals surface area contributed by atoms with Gasteiger partial charge in [0.1, 0.15) is 0 Å². The Balaban J connectivity index is 2.30. The van der Waals surface area contributed by atoms with E-state index in [1.54, 1.807) is 0 Å². The van der Waals surface area contributed by atoms with Crippen LogP contribution in [-0.2, 0) is 11.0 Å². The van der Waals surface area contributed by atoms with Crippen molar-refractivity contribution in [3.8, 4) is 0 Å². The molecule has 1 aliphatic rings. The summed E-state index contributed by atoms with van der Waals surface area (Å²) in [5.41, 5.74) is 0.195. The summed E-state index contributed by atoms with van der Waals surface area (Å²) in [6, 6.07) is 3.60. The monoisotopic (exact) mass is 328 g/mol. The van der Waals surface area contributed by atoms with Gasteiger partial charge in [-0.3, -0.25) is 4.79 Å². The maximum Gasteiger partial charge on any atom is 0.416 e. The van der Waals surface area contributed by atoms with E-state index in [-0.39, 0.29) is 23.9 Å². The van der Waals surface area contributed by atoms with Crippen LogP contribution in [0.2, 0.25) is 0 Å². The molecule has 0 spiro atoms. The fraction of sp³-hybridized carbons (Fsp3) is 0.588. The van der Waals surface area contributed by atoms with Crippen molar-refractivity contribution in [3.63, 3.8) is 0 Å².